The lowest BCUT2D eigenvalue weighted by Gasteiger charge is -2.20. The molecule has 0 unspecified atom stereocenters. The summed E-state index contributed by atoms with van der Waals surface area (Å²) in [6.45, 7) is 1.94. The van der Waals surface area contributed by atoms with Gasteiger partial charge >= 0.3 is 6.18 Å². The first kappa shape index (κ1) is 16.9. The van der Waals surface area contributed by atoms with E-state index in [1.54, 1.807) is 6.20 Å². The summed E-state index contributed by atoms with van der Waals surface area (Å²) in [4.78, 5) is 17.4. The van der Waals surface area contributed by atoms with Gasteiger partial charge in [0.2, 0.25) is 0 Å². The van der Waals surface area contributed by atoms with Crippen LogP contribution in [0, 0.1) is 0 Å². The van der Waals surface area contributed by atoms with Gasteiger partial charge in [0.1, 0.15) is 0 Å². The van der Waals surface area contributed by atoms with Crippen molar-refractivity contribution in [3.05, 3.63) is 46.5 Å². The number of aromatic nitrogens is 1. The van der Waals surface area contributed by atoms with Crippen molar-refractivity contribution in [1.29, 1.82) is 0 Å². The molecular formula is C16H16F3N3OS. The molecule has 0 saturated carbocycles. The fourth-order valence-corrected chi connectivity index (χ4v) is 3.60. The van der Waals surface area contributed by atoms with Crippen LogP contribution in [0.15, 0.2) is 30.5 Å². The molecule has 2 heterocycles. The number of piperidine rings is 1. The van der Waals surface area contributed by atoms with Gasteiger partial charge in [-0.1, -0.05) is 0 Å². The van der Waals surface area contributed by atoms with Gasteiger partial charge in [0.25, 0.3) is 5.91 Å². The number of hydrogen-bond acceptors (Lipinski definition) is 4. The highest BCUT2D eigenvalue weighted by molar-refractivity contribution is 7.15. The third-order valence-electron chi connectivity index (χ3n) is 3.96. The predicted molar refractivity (Wildman–Crippen MR) is 86.4 cm³/mol. The van der Waals surface area contributed by atoms with Gasteiger partial charge in [0.05, 0.1) is 5.56 Å². The first-order chi connectivity index (χ1) is 11.4. The lowest BCUT2D eigenvalue weighted by Crippen LogP contribution is -2.26. The number of rotatable bonds is 3. The average Bonchev–Trinajstić information content (AvgIpc) is 3.03. The summed E-state index contributed by atoms with van der Waals surface area (Å²) in [6, 6.07) is 4.13. The molecular weight excluding hydrogens is 339 g/mol. The van der Waals surface area contributed by atoms with Crippen molar-refractivity contribution in [2.24, 2.45) is 0 Å². The Kier molecular flexibility index (Phi) is 4.86. The summed E-state index contributed by atoms with van der Waals surface area (Å²) in [5.74, 6) is -0.0181. The molecule has 1 saturated heterocycles. The van der Waals surface area contributed by atoms with Crippen LogP contribution in [0.1, 0.15) is 39.6 Å². The summed E-state index contributed by atoms with van der Waals surface area (Å²) in [7, 11) is 0. The van der Waals surface area contributed by atoms with E-state index >= 15 is 0 Å². The number of nitrogens with zero attached hydrogens (tertiary/aromatic N) is 1. The van der Waals surface area contributed by atoms with Crippen LogP contribution in [0.5, 0.6) is 0 Å². The standard InChI is InChI=1S/C16H16F3N3OS/c17-16(18,19)12-3-1-11(2-4-12)14(23)22-15-21-9-13(24-15)10-5-7-20-8-6-10/h1-4,9-10,20H,5-8H2,(H,21,22,23). The van der Waals surface area contributed by atoms with Crippen LogP contribution in [0.25, 0.3) is 0 Å². The van der Waals surface area contributed by atoms with Crippen LogP contribution in [0.3, 0.4) is 0 Å². The van der Waals surface area contributed by atoms with Crippen LogP contribution < -0.4 is 10.6 Å². The first-order valence-corrected chi connectivity index (χ1v) is 8.40. The van der Waals surface area contributed by atoms with Crippen LogP contribution in [0.2, 0.25) is 0 Å². The second-order valence-electron chi connectivity index (χ2n) is 5.62. The highest BCUT2D eigenvalue weighted by Gasteiger charge is 2.30. The highest BCUT2D eigenvalue weighted by atomic mass is 32.1. The van der Waals surface area contributed by atoms with Crippen LogP contribution >= 0.6 is 11.3 Å². The fraction of sp³-hybridized carbons (Fsp3) is 0.375. The van der Waals surface area contributed by atoms with Crippen LogP contribution in [-0.2, 0) is 6.18 Å². The molecule has 0 bridgehead atoms. The topological polar surface area (TPSA) is 54.0 Å². The molecule has 8 heteroatoms. The number of carbonyl (C=O) groups is 1. The highest BCUT2D eigenvalue weighted by Crippen LogP contribution is 2.32. The Hall–Kier alpha value is -1.93. The molecule has 24 heavy (non-hydrogen) atoms. The fourth-order valence-electron chi connectivity index (χ4n) is 2.62. The van der Waals surface area contributed by atoms with E-state index in [-0.39, 0.29) is 5.56 Å². The normalized spacial score (nSPS) is 16.1. The van der Waals surface area contributed by atoms with Crippen molar-refractivity contribution in [2.75, 3.05) is 18.4 Å². The van der Waals surface area contributed by atoms with Gasteiger partial charge in [-0.25, -0.2) is 4.98 Å². The number of nitrogens with one attached hydrogen (secondary N) is 2. The minimum atomic E-state index is -4.41. The zero-order valence-corrected chi connectivity index (χ0v) is 13.5. The van der Waals surface area contributed by atoms with Crippen molar-refractivity contribution < 1.29 is 18.0 Å². The first-order valence-electron chi connectivity index (χ1n) is 7.58. The quantitative estimate of drug-likeness (QED) is 0.878. The summed E-state index contributed by atoms with van der Waals surface area (Å²) >= 11 is 1.42. The summed E-state index contributed by atoms with van der Waals surface area (Å²) in [5.41, 5.74) is -0.608. The van der Waals surface area contributed by atoms with Crippen molar-refractivity contribution in [3.8, 4) is 0 Å². The number of carbonyl (C=O) groups excluding carboxylic acids is 1. The molecule has 0 spiro atoms. The van der Waals surface area contributed by atoms with Crippen LogP contribution in [0.4, 0.5) is 18.3 Å². The minimum absolute atomic E-state index is 0.168. The molecule has 1 fully saturated rings. The Balaban J connectivity index is 1.65. The monoisotopic (exact) mass is 355 g/mol. The van der Waals surface area contributed by atoms with E-state index in [1.165, 1.54) is 23.5 Å². The van der Waals surface area contributed by atoms with Gasteiger partial charge < -0.3 is 5.32 Å². The molecule has 1 amide bonds. The maximum Gasteiger partial charge on any atom is 0.416 e. The molecule has 128 valence electrons. The Morgan fingerprint density at radius 3 is 2.50 bits per heavy atom. The van der Waals surface area contributed by atoms with Gasteiger partial charge in [0, 0.05) is 16.6 Å². The van der Waals surface area contributed by atoms with E-state index in [0.29, 0.717) is 11.0 Å². The molecule has 1 aromatic carbocycles. The zero-order valence-electron chi connectivity index (χ0n) is 12.7. The molecule has 1 aliphatic heterocycles. The van der Waals surface area contributed by atoms with Crippen molar-refractivity contribution in [2.45, 2.75) is 24.9 Å². The van der Waals surface area contributed by atoms with Crippen LogP contribution in [-0.4, -0.2) is 24.0 Å². The van der Waals surface area contributed by atoms with Gasteiger partial charge in [-0.15, -0.1) is 11.3 Å². The number of halogens is 3. The molecule has 0 aliphatic carbocycles. The molecule has 1 aliphatic rings. The second kappa shape index (κ2) is 6.90. The summed E-state index contributed by atoms with van der Waals surface area (Å²) in [5, 5.41) is 6.41. The third kappa shape index (κ3) is 3.93. The predicted octanol–water partition coefficient (Wildman–Crippen LogP) is 3.88. The number of hydrogen-bond donors (Lipinski definition) is 2. The molecule has 2 aromatic rings. The van der Waals surface area contributed by atoms with E-state index in [4.69, 9.17) is 0 Å². The van der Waals surface area contributed by atoms with Gasteiger partial charge in [-0.2, -0.15) is 13.2 Å². The van der Waals surface area contributed by atoms with Crippen molar-refractivity contribution in [1.82, 2.24) is 10.3 Å². The maximum absolute atomic E-state index is 12.5. The smallest absolute Gasteiger partial charge is 0.317 e. The average molecular weight is 355 g/mol. The van der Waals surface area contributed by atoms with E-state index in [9.17, 15) is 18.0 Å². The summed E-state index contributed by atoms with van der Waals surface area (Å²) in [6.07, 6.45) is -0.569. The lowest BCUT2D eigenvalue weighted by atomic mass is 9.97. The number of alkyl halides is 3. The largest absolute Gasteiger partial charge is 0.416 e. The Morgan fingerprint density at radius 1 is 1.21 bits per heavy atom. The Bertz CT molecular complexity index is 706. The number of amides is 1. The lowest BCUT2D eigenvalue weighted by molar-refractivity contribution is -0.137. The number of thiazole rings is 1. The van der Waals surface area contributed by atoms with E-state index in [2.05, 4.69) is 15.6 Å². The summed E-state index contributed by atoms with van der Waals surface area (Å²) < 4.78 is 37.6. The minimum Gasteiger partial charge on any atom is -0.317 e. The van der Waals surface area contributed by atoms with E-state index < -0.39 is 17.6 Å². The van der Waals surface area contributed by atoms with Crippen molar-refractivity contribution >= 4 is 22.4 Å². The van der Waals surface area contributed by atoms with Gasteiger partial charge in [-0.3, -0.25) is 10.1 Å². The van der Waals surface area contributed by atoms with E-state index in [1.807, 2.05) is 0 Å². The molecule has 2 N–H and O–H groups in total. The Morgan fingerprint density at radius 2 is 1.88 bits per heavy atom. The molecule has 1 aromatic heterocycles. The molecule has 4 nitrogen and oxygen atoms in total. The number of anilines is 1. The molecule has 3 rings (SSSR count). The van der Waals surface area contributed by atoms with Gasteiger partial charge in [0.15, 0.2) is 5.13 Å². The van der Waals surface area contributed by atoms with E-state index in [0.717, 1.165) is 42.9 Å². The SMILES string of the molecule is O=C(Nc1ncc(C2CCNCC2)s1)c1ccc(C(F)(F)F)cc1. The zero-order chi connectivity index (χ0) is 17.2. The molecule has 0 radical (unpaired) electrons. The Labute approximate surface area is 141 Å². The van der Waals surface area contributed by atoms with Gasteiger partial charge in [-0.05, 0) is 56.1 Å². The molecule has 0 atom stereocenters. The second-order valence-corrected chi connectivity index (χ2v) is 6.68. The van der Waals surface area contributed by atoms with Crippen molar-refractivity contribution in [3.63, 3.8) is 0 Å². The third-order valence-corrected chi connectivity index (χ3v) is 5.04. The number of benzene rings is 1. The maximum atomic E-state index is 12.5.